The van der Waals surface area contributed by atoms with E-state index in [2.05, 4.69) is 78.5 Å². The number of nitrogens with zero attached hydrogens (tertiary/aromatic N) is 2. The quantitative estimate of drug-likeness (QED) is 0.628. The van der Waals surface area contributed by atoms with Crippen LogP contribution in [-0.2, 0) is 5.54 Å². The van der Waals surface area contributed by atoms with E-state index in [1.165, 1.54) is 62.7 Å². The van der Waals surface area contributed by atoms with E-state index in [0.29, 0.717) is 11.8 Å². The minimum Gasteiger partial charge on any atom is -0.497 e. The molecule has 0 spiro atoms. The van der Waals surface area contributed by atoms with Crippen LogP contribution in [0.5, 0.6) is 5.75 Å². The van der Waals surface area contributed by atoms with Gasteiger partial charge in [0.25, 0.3) is 0 Å². The Hall–Kier alpha value is -1.84. The molecule has 0 radical (unpaired) electrons. The molecule has 0 N–H and O–H groups in total. The summed E-state index contributed by atoms with van der Waals surface area (Å²) in [4.78, 5) is 5.24. The molecule has 0 bridgehead atoms. The van der Waals surface area contributed by atoms with Gasteiger partial charge in [0.15, 0.2) is 0 Å². The van der Waals surface area contributed by atoms with E-state index in [-0.39, 0.29) is 5.54 Å². The summed E-state index contributed by atoms with van der Waals surface area (Å²) in [6, 6.07) is 20.1. The van der Waals surface area contributed by atoms with Gasteiger partial charge < -0.3 is 9.64 Å². The molecule has 3 heteroatoms. The average molecular weight is 407 g/mol. The first-order chi connectivity index (χ1) is 14.6. The Morgan fingerprint density at radius 3 is 2.47 bits per heavy atom. The lowest BCUT2D eigenvalue weighted by atomic mass is 9.72. The van der Waals surface area contributed by atoms with Crippen molar-refractivity contribution in [2.24, 2.45) is 5.92 Å². The fourth-order valence-corrected chi connectivity index (χ4v) is 6.06. The lowest BCUT2D eigenvalue weighted by Gasteiger charge is -2.52. The molecule has 2 atom stereocenters. The van der Waals surface area contributed by atoms with Gasteiger partial charge in [0, 0.05) is 18.6 Å². The molecule has 1 saturated carbocycles. The highest BCUT2D eigenvalue weighted by molar-refractivity contribution is 5.32. The number of piperidine rings is 1. The van der Waals surface area contributed by atoms with Crippen LogP contribution >= 0.6 is 0 Å². The first-order valence-electron chi connectivity index (χ1n) is 11.7. The average Bonchev–Trinajstić information content (AvgIpc) is 2.80. The van der Waals surface area contributed by atoms with Crippen LogP contribution < -0.4 is 4.74 Å². The van der Waals surface area contributed by atoms with Gasteiger partial charge in [-0.1, -0.05) is 61.7 Å². The lowest BCUT2D eigenvalue weighted by molar-refractivity contribution is -0.00127. The van der Waals surface area contributed by atoms with Crippen molar-refractivity contribution in [2.75, 3.05) is 40.8 Å². The molecule has 3 nitrogen and oxygen atoms in total. The maximum absolute atomic E-state index is 5.53. The summed E-state index contributed by atoms with van der Waals surface area (Å²) in [6.07, 6.45) is 7.91. The van der Waals surface area contributed by atoms with Crippen molar-refractivity contribution in [3.05, 3.63) is 65.7 Å². The topological polar surface area (TPSA) is 15.7 Å². The van der Waals surface area contributed by atoms with Crippen molar-refractivity contribution >= 4 is 0 Å². The SMILES string of the molecule is COc1cccc(C2CCN(C3(c4ccccc4)CCCCC3)CC2CN(C)C)c1. The van der Waals surface area contributed by atoms with Crippen LogP contribution in [0, 0.1) is 5.92 Å². The summed E-state index contributed by atoms with van der Waals surface area (Å²) in [5, 5.41) is 0. The minimum atomic E-state index is 0.226. The molecule has 2 aromatic carbocycles. The zero-order valence-electron chi connectivity index (χ0n) is 19.0. The predicted octanol–water partition coefficient (Wildman–Crippen LogP) is 5.52. The minimum absolute atomic E-state index is 0.226. The molecular formula is C27H38N2O. The van der Waals surface area contributed by atoms with E-state index < -0.39 is 0 Å². The van der Waals surface area contributed by atoms with Crippen LogP contribution in [0.25, 0.3) is 0 Å². The Morgan fingerprint density at radius 1 is 1.00 bits per heavy atom. The molecule has 1 aliphatic carbocycles. The Labute approximate surface area is 183 Å². The van der Waals surface area contributed by atoms with Crippen molar-refractivity contribution in [1.29, 1.82) is 0 Å². The van der Waals surface area contributed by atoms with Crippen molar-refractivity contribution < 1.29 is 4.74 Å². The summed E-state index contributed by atoms with van der Waals surface area (Å²) >= 11 is 0. The molecule has 1 aliphatic heterocycles. The van der Waals surface area contributed by atoms with Crippen molar-refractivity contribution in [3.8, 4) is 5.75 Å². The Morgan fingerprint density at radius 2 is 1.77 bits per heavy atom. The fourth-order valence-electron chi connectivity index (χ4n) is 6.06. The number of hydrogen-bond acceptors (Lipinski definition) is 3. The third kappa shape index (κ3) is 4.43. The van der Waals surface area contributed by atoms with Gasteiger partial charge in [-0.15, -0.1) is 0 Å². The summed E-state index contributed by atoms with van der Waals surface area (Å²) in [7, 11) is 6.20. The summed E-state index contributed by atoms with van der Waals surface area (Å²) < 4.78 is 5.53. The third-order valence-electron chi connectivity index (χ3n) is 7.45. The van der Waals surface area contributed by atoms with Crippen LogP contribution in [0.3, 0.4) is 0 Å². The number of methoxy groups -OCH3 is 1. The Balaban J connectivity index is 1.63. The van der Waals surface area contributed by atoms with E-state index in [4.69, 9.17) is 4.74 Å². The molecule has 2 unspecified atom stereocenters. The highest BCUT2D eigenvalue weighted by Crippen LogP contribution is 2.46. The van der Waals surface area contributed by atoms with Gasteiger partial charge >= 0.3 is 0 Å². The van der Waals surface area contributed by atoms with E-state index >= 15 is 0 Å². The maximum Gasteiger partial charge on any atom is 0.119 e. The first-order valence-corrected chi connectivity index (χ1v) is 11.7. The van der Waals surface area contributed by atoms with Crippen LogP contribution in [-0.4, -0.2) is 50.6 Å². The smallest absolute Gasteiger partial charge is 0.119 e. The number of hydrogen-bond donors (Lipinski definition) is 0. The summed E-state index contributed by atoms with van der Waals surface area (Å²) in [5.74, 6) is 2.20. The largest absolute Gasteiger partial charge is 0.497 e. The molecule has 0 aromatic heterocycles. The first kappa shape index (κ1) is 21.4. The van der Waals surface area contributed by atoms with Gasteiger partial charge in [0.05, 0.1) is 7.11 Å². The van der Waals surface area contributed by atoms with Gasteiger partial charge in [0.2, 0.25) is 0 Å². The maximum atomic E-state index is 5.53. The molecule has 4 rings (SSSR count). The Kier molecular flexibility index (Phi) is 6.80. The second-order valence-electron chi connectivity index (χ2n) is 9.60. The number of benzene rings is 2. The molecule has 2 aromatic rings. The standard InChI is InChI=1S/C27H38N2O/c1-28(2)20-23-21-29(18-15-26(23)22-11-10-14-25(19-22)30-3)27(16-8-5-9-17-27)24-12-6-4-7-13-24/h4,6-7,10-14,19,23,26H,5,8-9,15-18,20-21H2,1-3H3. The van der Waals surface area contributed by atoms with Crippen LogP contribution in [0.1, 0.15) is 55.6 Å². The molecule has 0 amide bonds. The Bertz CT molecular complexity index is 798. The molecular weight excluding hydrogens is 368 g/mol. The lowest BCUT2D eigenvalue weighted by Crippen LogP contribution is -2.54. The van der Waals surface area contributed by atoms with E-state index in [1.54, 1.807) is 7.11 Å². The summed E-state index contributed by atoms with van der Waals surface area (Å²) in [5.41, 5.74) is 3.20. The molecule has 2 fully saturated rings. The number of rotatable bonds is 6. The molecule has 30 heavy (non-hydrogen) atoms. The van der Waals surface area contributed by atoms with E-state index in [9.17, 15) is 0 Å². The van der Waals surface area contributed by atoms with Crippen molar-refractivity contribution in [3.63, 3.8) is 0 Å². The van der Waals surface area contributed by atoms with Crippen molar-refractivity contribution in [2.45, 2.75) is 50.0 Å². The monoisotopic (exact) mass is 406 g/mol. The fraction of sp³-hybridized carbons (Fsp3) is 0.556. The number of likely N-dealkylation sites (tertiary alicyclic amines) is 1. The van der Waals surface area contributed by atoms with Crippen LogP contribution in [0.4, 0.5) is 0 Å². The summed E-state index contributed by atoms with van der Waals surface area (Å²) in [6.45, 7) is 3.49. The second kappa shape index (κ2) is 9.53. The molecule has 1 heterocycles. The second-order valence-corrected chi connectivity index (χ2v) is 9.60. The molecule has 2 aliphatic rings. The zero-order chi connectivity index (χ0) is 21.0. The van der Waals surface area contributed by atoms with Gasteiger partial charge in [-0.25, -0.2) is 0 Å². The van der Waals surface area contributed by atoms with Crippen LogP contribution in [0.15, 0.2) is 54.6 Å². The van der Waals surface area contributed by atoms with E-state index in [0.717, 1.165) is 12.3 Å². The van der Waals surface area contributed by atoms with Gasteiger partial charge in [0.1, 0.15) is 5.75 Å². The van der Waals surface area contributed by atoms with Gasteiger partial charge in [-0.05, 0) is 75.0 Å². The zero-order valence-corrected chi connectivity index (χ0v) is 19.0. The third-order valence-corrected chi connectivity index (χ3v) is 7.45. The number of ether oxygens (including phenoxy) is 1. The van der Waals surface area contributed by atoms with Gasteiger partial charge in [-0.2, -0.15) is 0 Å². The molecule has 1 saturated heterocycles. The van der Waals surface area contributed by atoms with Crippen molar-refractivity contribution in [1.82, 2.24) is 9.80 Å². The predicted molar refractivity (Wildman–Crippen MR) is 125 cm³/mol. The normalized spacial score (nSPS) is 24.7. The molecule has 162 valence electrons. The highest BCUT2D eigenvalue weighted by atomic mass is 16.5. The van der Waals surface area contributed by atoms with Crippen LogP contribution in [0.2, 0.25) is 0 Å². The van der Waals surface area contributed by atoms with E-state index in [1.807, 2.05) is 0 Å². The van der Waals surface area contributed by atoms with Gasteiger partial charge in [-0.3, -0.25) is 4.90 Å². The highest BCUT2D eigenvalue weighted by Gasteiger charge is 2.43.